The van der Waals surface area contributed by atoms with E-state index in [0.29, 0.717) is 0 Å². The zero-order chi connectivity index (χ0) is 15.6. The van der Waals surface area contributed by atoms with E-state index in [1.807, 2.05) is 26.1 Å². The van der Waals surface area contributed by atoms with Gasteiger partial charge in [0.15, 0.2) is 0 Å². The Balaban J connectivity index is 2.48. The van der Waals surface area contributed by atoms with E-state index in [9.17, 15) is 0 Å². The van der Waals surface area contributed by atoms with E-state index in [1.165, 1.54) is 0 Å². The summed E-state index contributed by atoms with van der Waals surface area (Å²) in [6.07, 6.45) is 0. The zero-order valence-corrected chi connectivity index (χ0v) is 14.7. The monoisotopic (exact) mass is 348 g/mol. The van der Waals surface area contributed by atoms with Crippen molar-refractivity contribution in [2.45, 2.75) is 33.6 Å². The average Bonchev–Trinajstić information content (AvgIpc) is 2.45. The predicted octanol–water partition coefficient (Wildman–Crippen LogP) is 4.76. The van der Waals surface area contributed by atoms with E-state index in [1.54, 1.807) is 0 Å². The fraction of sp³-hybridized carbons (Fsp3) is 0.375. The number of anilines is 3. The Morgan fingerprint density at radius 1 is 1.05 bits per heavy atom. The second kappa shape index (κ2) is 6.43. The van der Waals surface area contributed by atoms with Crippen LogP contribution in [0.5, 0.6) is 0 Å². The molecule has 1 aromatic heterocycles. The topological polar surface area (TPSA) is 49.8 Å². The lowest BCUT2D eigenvalue weighted by atomic mass is 10.1. The first-order chi connectivity index (χ1) is 9.93. The Morgan fingerprint density at radius 2 is 1.71 bits per heavy atom. The van der Waals surface area contributed by atoms with Gasteiger partial charge in [0.05, 0.1) is 0 Å². The van der Waals surface area contributed by atoms with E-state index in [2.05, 4.69) is 63.4 Å². The summed E-state index contributed by atoms with van der Waals surface area (Å²) in [4.78, 5) is 9.23. The van der Waals surface area contributed by atoms with Crippen molar-refractivity contribution < 1.29 is 0 Å². The summed E-state index contributed by atoms with van der Waals surface area (Å²) in [7, 11) is 1.88. The Labute approximate surface area is 134 Å². The standard InChI is InChI=1S/C16H21BrN4/c1-9(2)14-20-15(18-5)11(4)16(21-14)19-13-8-6-7-12(17)10(13)3/h6-9H,1-5H3,(H2,18,19,20,21). The summed E-state index contributed by atoms with van der Waals surface area (Å²) in [5, 5.41) is 6.57. The van der Waals surface area contributed by atoms with E-state index in [0.717, 1.165) is 38.7 Å². The van der Waals surface area contributed by atoms with Gasteiger partial charge < -0.3 is 10.6 Å². The summed E-state index contributed by atoms with van der Waals surface area (Å²) in [6, 6.07) is 6.10. The van der Waals surface area contributed by atoms with Gasteiger partial charge in [0.1, 0.15) is 17.5 Å². The van der Waals surface area contributed by atoms with Gasteiger partial charge in [-0.25, -0.2) is 9.97 Å². The minimum Gasteiger partial charge on any atom is -0.373 e. The highest BCUT2D eigenvalue weighted by atomic mass is 79.9. The SMILES string of the molecule is CNc1nc(C(C)C)nc(Nc2cccc(Br)c2C)c1C. The maximum absolute atomic E-state index is 4.67. The van der Waals surface area contributed by atoms with Crippen LogP contribution in [0, 0.1) is 13.8 Å². The highest BCUT2D eigenvalue weighted by Crippen LogP contribution is 2.29. The van der Waals surface area contributed by atoms with Gasteiger partial charge in [0.25, 0.3) is 0 Å². The molecule has 0 aliphatic heterocycles. The number of aromatic nitrogens is 2. The third-order valence-electron chi connectivity index (χ3n) is 3.44. The van der Waals surface area contributed by atoms with Crippen LogP contribution in [0.25, 0.3) is 0 Å². The molecule has 4 nitrogen and oxygen atoms in total. The summed E-state index contributed by atoms with van der Waals surface area (Å²) >= 11 is 3.56. The number of nitrogens with zero attached hydrogens (tertiary/aromatic N) is 2. The Bertz CT molecular complexity index is 653. The fourth-order valence-corrected chi connectivity index (χ4v) is 2.39. The molecule has 0 amide bonds. The summed E-state index contributed by atoms with van der Waals surface area (Å²) < 4.78 is 1.08. The summed E-state index contributed by atoms with van der Waals surface area (Å²) in [5.74, 6) is 2.82. The zero-order valence-electron chi connectivity index (χ0n) is 13.1. The van der Waals surface area contributed by atoms with Crippen molar-refractivity contribution >= 4 is 33.3 Å². The first kappa shape index (κ1) is 15.8. The van der Waals surface area contributed by atoms with Crippen molar-refractivity contribution in [3.63, 3.8) is 0 Å². The normalized spacial score (nSPS) is 10.8. The third-order valence-corrected chi connectivity index (χ3v) is 4.30. The Morgan fingerprint density at radius 3 is 2.33 bits per heavy atom. The van der Waals surface area contributed by atoms with Crippen LogP contribution >= 0.6 is 15.9 Å². The maximum atomic E-state index is 4.67. The van der Waals surface area contributed by atoms with Gasteiger partial charge >= 0.3 is 0 Å². The summed E-state index contributed by atoms with van der Waals surface area (Å²) in [5.41, 5.74) is 3.22. The lowest BCUT2D eigenvalue weighted by Gasteiger charge is -2.16. The molecule has 0 aliphatic carbocycles. The largest absolute Gasteiger partial charge is 0.373 e. The van der Waals surface area contributed by atoms with Crippen molar-refractivity contribution in [1.82, 2.24) is 9.97 Å². The third kappa shape index (κ3) is 3.35. The molecule has 0 fully saturated rings. The molecule has 112 valence electrons. The van der Waals surface area contributed by atoms with E-state index >= 15 is 0 Å². The van der Waals surface area contributed by atoms with Crippen molar-refractivity contribution in [1.29, 1.82) is 0 Å². The number of hydrogen-bond donors (Lipinski definition) is 2. The fourth-order valence-electron chi connectivity index (χ4n) is 2.03. The molecule has 21 heavy (non-hydrogen) atoms. The van der Waals surface area contributed by atoms with Crippen LogP contribution in [0.3, 0.4) is 0 Å². The molecule has 0 unspecified atom stereocenters. The first-order valence-electron chi connectivity index (χ1n) is 7.02. The highest BCUT2D eigenvalue weighted by molar-refractivity contribution is 9.10. The molecule has 2 N–H and O–H groups in total. The molecular weight excluding hydrogens is 328 g/mol. The van der Waals surface area contributed by atoms with Crippen molar-refractivity contribution in [2.75, 3.05) is 17.7 Å². The number of halogens is 1. The summed E-state index contributed by atoms with van der Waals surface area (Å²) in [6.45, 7) is 8.29. The van der Waals surface area contributed by atoms with Crippen LogP contribution in [0.1, 0.15) is 36.7 Å². The number of nitrogens with one attached hydrogen (secondary N) is 2. The Hall–Kier alpha value is -1.62. The minimum absolute atomic E-state index is 0.279. The van der Waals surface area contributed by atoms with Gasteiger partial charge in [0, 0.05) is 28.7 Å². The molecule has 0 saturated heterocycles. The number of hydrogen-bond acceptors (Lipinski definition) is 4. The van der Waals surface area contributed by atoms with Crippen LogP contribution in [0.2, 0.25) is 0 Å². The number of rotatable bonds is 4. The molecule has 0 radical (unpaired) electrons. The molecular formula is C16H21BrN4. The van der Waals surface area contributed by atoms with Crippen LogP contribution in [0.4, 0.5) is 17.3 Å². The number of benzene rings is 1. The molecule has 1 heterocycles. The van der Waals surface area contributed by atoms with Crippen LogP contribution < -0.4 is 10.6 Å². The lowest BCUT2D eigenvalue weighted by Crippen LogP contribution is -2.08. The van der Waals surface area contributed by atoms with Crippen molar-refractivity contribution in [3.05, 3.63) is 39.6 Å². The molecule has 1 aromatic carbocycles. The van der Waals surface area contributed by atoms with E-state index in [-0.39, 0.29) is 5.92 Å². The van der Waals surface area contributed by atoms with E-state index in [4.69, 9.17) is 0 Å². The van der Waals surface area contributed by atoms with Gasteiger partial charge in [0.2, 0.25) is 0 Å². The minimum atomic E-state index is 0.279. The molecule has 0 spiro atoms. The van der Waals surface area contributed by atoms with Gasteiger partial charge in [-0.15, -0.1) is 0 Å². The maximum Gasteiger partial charge on any atom is 0.139 e. The first-order valence-corrected chi connectivity index (χ1v) is 7.81. The molecule has 2 rings (SSSR count). The second-order valence-electron chi connectivity index (χ2n) is 5.35. The smallest absolute Gasteiger partial charge is 0.139 e. The lowest BCUT2D eigenvalue weighted by molar-refractivity contribution is 0.775. The van der Waals surface area contributed by atoms with Gasteiger partial charge in [-0.2, -0.15) is 0 Å². The highest BCUT2D eigenvalue weighted by Gasteiger charge is 2.13. The van der Waals surface area contributed by atoms with Crippen LogP contribution in [-0.4, -0.2) is 17.0 Å². The van der Waals surface area contributed by atoms with Crippen LogP contribution in [-0.2, 0) is 0 Å². The van der Waals surface area contributed by atoms with Crippen molar-refractivity contribution in [3.8, 4) is 0 Å². The predicted molar refractivity (Wildman–Crippen MR) is 92.6 cm³/mol. The Kier molecular flexibility index (Phi) is 4.83. The van der Waals surface area contributed by atoms with Gasteiger partial charge in [-0.05, 0) is 31.5 Å². The molecule has 0 bridgehead atoms. The molecule has 0 aliphatic rings. The second-order valence-corrected chi connectivity index (χ2v) is 6.20. The van der Waals surface area contributed by atoms with Crippen LogP contribution in [0.15, 0.2) is 22.7 Å². The quantitative estimate of drug-likeness (QED) is 0.835. The molecule has 0 atom stereocenters. The molecule has 0 saturated carbocycles. The average molecular weight is 349 g/mol. The van der Waals surface area contributed by atoms with E-state index < -0.39 is 0 Å². The molecule has 5 heteroatoms. The van der Waals surface area contributed by atoms with Crippen molar-refractivity contribution in [2.24, 2.45) is 0 Å². The van der Waals surface area contributed by atoms with Gasteiger partial charge in [-0.3, -0.25) is 0 Å². The molecule has 2 aromatic rings. The van der Waals surface area contributed by atoms with Gasteiger partial charge in [-0.1, -0.05) is 35.8 Å².